The third-order valence-corrected chi connectivity index (χ3v) is 2.48. The minimum absolute atomic E-state index is 0.0165. The molecule has 0 aromatic heterocycles. The first-order valence-corrected chi connectivity index (χ1v) is 4.89. The van der Waals surface area contributed by atoms with Crippen molar-refractivity contribution < 1.29 is 18.0 Å². The third kappa shape index (κ3) is 4.36. The average Bonchev–Trinajstić information content (AvgIpc) is 2.33. The lowest BCUT2D eigenvalue weighted by atomic mass is 10.2. The fraction of sp³-hybridized carbons (Fsp3) is 0.625. The molecular formula is C8H9F3OS. The van der Waals surface area contributed by atoms with Crippen molar-refractivity contribution in [3.63, 3.8) is 0 Å². The summed E-state index contributed by atoms with van der Waals surface area (Å²) in [7, 11) is 0. The Hall–Kier alpha value is -0.450. The highest BCUT2D eigenvalue weighted by molar-refractivity contribution is 8.00. The first-order valence-electron chi connectivity index (χ1n) is 3.90. The Kier molecular flexibility index (Phi) is 3.41. The molecule has 1 nitrogen and oxygen atoms in total. The van der Waals surface area contributed by atoms with Crippen molar-refractivity contribution in [1.82, 2.24) is 0 Å². The molecule has 0 aromatic carbocycles. The average molecular weight is 210 g/mol. The Balaban J connectivity index is 2.20. The maximum absolute atomic E-state index is 11.7. The van der Waals surface area contributed by atoms with Crippen LogP contribution in [0.3, 0.4) is 0 Å². The predicted octanol–water partition coefficient (Wildman–Crippen LogP) is 2.92. The molecule has 0 saturated carbocycles. The lowest BCUT2D eigenvalue weighted by Crippen LogP contribution is -2.01. The van der Waals surface area contributed by atoms with Gasteiger partial charge in [0.05, 0.1) is 0 Å². The van der Waals surface area contributed by atoms with Gasteiger partial charge in [-0.1, -0.05) is 17.3 Å². The van der Waals surface area contributed by atoms with Crippen LogP contribution in [-0.2, 0) is 4.79 Å². The number of hydrogen-bond acceptors (Lipinski definition) is 2. The van der Waals surface area contributed by atoms with E-state index in [0.29, 0.717) is 19.3 Å². The van der Waals surface area contributed by atoms with Crippen LogP contribution in [0.25, 0.3) is 0 Å². The molecule has 0 bridgehead atoms. The van der Waals surface area contributed by atoms with Gasteiger partial charge in [0.15, 0.2) is 5.78 Å². The smallest absolute Gasteiger partial charge is 0.295 e. The lowest BCUT2D eigenvalue weighted by Gasteiger charge is -2.04. The Morgan fingerprint density at radius 1 is 1.38 bits per heavy atom. The SMILES string of the molecule is O=C1C=C(CCSC(F)(F)F)CC1. The van der Waals surface area contributed by atoms with Crippen LogP contribution in [0.1, 0.15) is 19.3 Å². The molecule has 74 valence electrons. The second-order valence-corrected chi connectivity index (χ2v) is 3.97. The Morgan fingerprint density at radius 2 is 2.08 bits per heavy atom. The van der Waals surface area contributed by atoms with Gasteiger partial charge in [-0.3, -0.25) is 4.79 Å². The molecule has 0 aliphatic heterocycles. The fourth-order valence-electron chi connectivity index (χ4n) is 1.15. The van der Waals surface area contributed by atoms with E-state index in [-0.39, 0.29) is 23.3 Å². The van der Waals surface area contributed by atoms with Crippen LogP contribution in [0, 0.1) is 0 Å². The van der Waals surface area contributed by atoms with Crippen LogP contribution >= 0.6 is 11.8 Å². The van der Waals surface area contributed by atoms with E-state index >= 15 is 0 Å². The van der Waals surface area contributed by atoms with Crippen molar-refractivity contribution in [2.24, 2.45) is 0 Å². The summed E-state index contributed by atoms with van der Waals surface area (Å²) in [6, 6.07) is 0. The number of ketones is 1. The van der Waals surface area contributed by atoms with Gasteiger partial charge in [0.2, 0.25) is 0 Å². The molecule has 0 heterocycles. The second kappa shape index (κ2) is 4.17. The standard InChI is InChI=1S/C8H9F3OS/c9-8(10,11)13-4-3-6-1-2-7(12)5-6/h5H,1-4H2. The number of carbonyl (C=O) groups excluding carboxylic acids is 1. The van der Waals surface area contributed by atoms with E-state index in [0.717, 1.165) is 5.57 Å². The fourth-order valence-corrected chi connectivity index (χ4v) is 1.75. The van der Waals surface area contributed by atoms with Gasteiger partial charge in [0.25, 0.3) is 0 Å². The lowest BCUT2D eigenvalue weighted by molar-refractivity contribution is -0.114. The second-order valence-electron chi connectivity index (χ2n) is 2.81. The summed E-state index contributed by atoms with van der Waals surface area (Å²) in [5, 5.41) is 0. The Labute approximate surface area is 78.4 Å². The van der Waals surface area contributed by atoms with E-state index in [2.05, 4.69) is 0 Å². The number of allylic oxidation sites excluding steroid dienone is 2. The largest absolute Gasteiger partial charge is 0.441 e. The molecule has 0 saturated heterocycles. The van der Waals surface area contributed by atoms with Gasteiger partial charge in [-0.05, 0) is 18.9 Å². The highest BCUT2D eigenvalue weighted by Gasteiger charge is 2.27. The molecular weight excluding hydrogens is 201 g/mol. The molecule has 0 atom stereocenters. The zero-order chi connectivity index (χ0) is 9.90. The molecule has 0 unspecified atom stereocenters. The van der Waals surface area contributed by atoms with E-state index in [1.165, 1.54) is 6.08 Å². The number of carbonyl (C=O) groups is 1. The molecule has 1 aliphatic rings. The number of rotatable bonds is 3. The summed E-state index contributed by atoms with van der Waals surface area (Å²) in [6.45, 7) is 0. The topological polar surface area (TPSA) is 17.1 Å². The summed E-state index contributed by atoms with van der Waals surface area (Å²) >= 11 is -0.0305. The molecule has 1 rings (SSSR count). The highest BCUT2D eigenvalue weighted by Crippen LogP contribution is 2.32. The molecule has 0 N–H and O–H groups in total. The molecule has 0 aromatic rings. The predicted molar refractivity (Wildman–Crippen MR) is 45.5 cm³/mol. The van der Waals surface area contributed by atoms with Gasteiger partial charge in [-0.2, -0.15) is 13.2 Å². The summed E-state index contributed by atoms with van der Waals surface area (Å²) in [5.41, 5.74) is -3.30. The molecule has 5 heteroatoms. The van der Waals surface area contributed by atoms with E-state index in [1.807, 2.05) is 0 Å². The van der Waals surface area contributed by atoms with Crippen molar-refractivity contribution >= 4 is 17.5 Å². The number of alkyl halides is 3. The molecule has 0 amide bonds. The number of thioether (sulfide) groups is 1. The highest BCUT2D eigenvalue weighted by atomic mass is 32.2. The van der Waals surface area contributed by atoms with Crippen LogP contribution in [0.5, 0.6) is 0 Å². The van der Waals surface area contributed by atoms with Crippen molar-refractivity contribution in [1.29, 1.82) is 0 Å². The van der Waals surface area contributed by atoms with E-state index in [9.17, 15) is 18.0 Å². The maximum Gasteiger partial charge on any atom is 0.441 e. The van der Waals surface area contributed by atoms with Gasteiger partial charge in [0.1, 0.15) is 0 Å². The normalized spacial score (nSPS) is 17.8. The molecule has 0 radical (unpaired) electrons. The summed E-state index contributed by atoms with van der Waals surface area (Å²) < 4.78 is 35.0. The van der Waals surface area contributed by atoms with Crippen LogP contribution in [0.15, 0.2) is 11.6 Å². The maximum atomic E-state index is 11.7. The summed E-state index contributed by atoms with van der Waals surface area (Å²) in [4.78, 5) is 10.7. The van der Waals surface area contributed by atoms with Crippen LogP contribution in [0.2, 0.25) is 0 Å². The molecule has 1 aliphatic carbocycles. The van der Waals surface area contributed by atoms with Gasteiger partial charge < -0.3 is 0 Å². The molecule has 13 heavy (non-hydrogen) atoms. The summed E-state index contributed by atoms with van der Waals surface area (Å²) in [6.07, 6.45) is 2.94. The van der Waals surface area contributed by atoms with E-state index < -0.39 is 5.51 Å². The molecule has 0 fully saturated rings. The first kappa shape index (κ1) is 10.6. The minimum atomic E-state index is -4.15. The van der Waals surface area contributed by atoms with Crippen molar-refractivity contribution in [3.05, 3.63) is 11.6 Å². The number of hydrogen-bond donors (Lipinski definition) is 0. The number of halogens is 3. The van der Waals surface area contributed by atoms with E-state index in [1.54, 1.807) is 0 Å². The Morgan fingerprint density at radius 3 is 2.54 bits per heavy atom. The van der Waals surface area contributed by atoms with Gasteiger partial charge in [0, 0.05) is 12.2 Å². The minimum Gasteiger partial charge on any atom is -0.295 e. The van der Waals surface area contributed by atoms with Crippen LogP contribution in [0.4, 0.5) is 13.2 Å². The molecule has 0 spiro atoms. The summed E-state index contributed by atoms with van der Waals surface area (Å²) in [5.74, 6) is 0.0507. The zero-order valence-corrected chi connectivity index (χ0v) is 7.67. The van der Waals surface area contributed by atoms with Crippen molar-refractivity contribution in [2.75, 3.05) is 5.75 Å². The Bertz CT molecular complexity index is 232. The monoisotopic (exact) mass is 210 g/mol. The van der Waals surface area contributed by atoms with Gasteiger partial charge in [-0.15, -0.1) is 0 Å². The quantitative estimate of drug-likeness (QED) is 0.712. The van der Waals surface area contributed by atoms with Gasteiger partial charge >= 0.3 is 5.51 Å². The van der Waals surface area contributed by atoms with Gasteiger partial charge in [-0.25, -0.2) is 0 Å². The van der Waals surface area contributed by atoms with E-state index in [4.69, 9.17) is 0 Å². The third-order valence-electron chi connectivity index (χ3n) is 1.75. The van der Waals surface area contributed by atoms with Crippen LogP contribution in [-0.4, -0.2) is 17.0 Å². The van der Waals surface area contributed by atoms with Crippen molar-refractivity contribution in [2.45, 2.75) is 24.8 Å². The first-order chi connectivity index (χ1) is 5.97. The van der Waals surface area contributed by atoms with Crippen LogP contribution < -0.4 is 0 Å². The zero-order valence-electron chi connectivity index (χ0n) is 6.86. The van der Waals surface area contributed by atoms with Crippen molar-refractivity contribution in [3.8, 4) is 0 Å².